The van der Waals surface area contributed by atoms with Crippen LogP contribution in [0.15, 0.2) is 12.2 Å². The molecule has 0 aliphatic rings. The largest absolute Gasteiger partial charge is 0.472 e. The van der Waals surface area contributed by atoms with Gasteiger partial charge >= 0.3 is 13.8 Å². The number of hydrogen-bond donors (Lipinski definition) is 3. The second kappa shape index (κ2) is 37.0. The van der Waals surface area contributed by atoms with Crippen LogP contribution in [0, 0.1) is 0 Å². The summed E-state index contributed by atoms with van der Waals surface area (Å²) in [5.74, 6) is -0.384. The SMILES string of the molecule is CCCCCCCCC/C=C\CCCCCCCCOCC(COP(=O)(O)OCC(O)CO)OC(=O)CCCCCCCCCCCCC. The van der Waals surface area contributed by atoms with Crippen molar-refractivity contribution in [1.82, 2.24) is 0 Å². The van der Waals surface area contributed by atoms with Crippen LogP contribution in [0.4, 0.5) is 0 Å². The molecule has 3 atom stereocenters. The zero-order chi connectivity index (χ0) is 36.1. The summed E-state index contributed by atoms with van der Waals surface area (Å²) in [7, 11) is -4.51. The highest BCUT2D eigenvalue weighted by atomic mass is 31.2. The number of aliphatic hydroxyl groups excluding tert-OH is 2. The Hall–Kier alpha value is -0.800. The highest BCUT2D eigenvalue weighted by Crippen LogP contribution is 2.43. The van der Waals surface area contributed by atoms with Crippen molar-refractivity contribution < 1.29 is 43.0 Å². The van der Waals surface area contributed by atoms with Gasteiger partial charge in [-0.25, -0.2) is 4.57 Å². The summed E-state index contributed by atoms with van der Waals surface area (Å²) < 4.78 is 33.2. The number of unbranched alkanes of at least 4 members (excludes halogenated alkanes) is 23. The number of phosphoric acid groups is 1. The monoisotopic (exact) mass is 721 g/mol. The molecule has 0 spiro atoms. The van der Waals surface area contributed by atoms with Crippen LogP contribution < -0.4 is 0 Å². The third-order valence-electron chi connectivity index (χ3n) is 8.70. The third kappa shape index (κ3) is 36.8. The Morgan fingerprint density at radius 3 is 1.53 bits per heavy atom. The molecule has 0 saturated carbocycles. The van der Waals surface area contributed by atoms with Gasteiger partial charge in [0, 0.05) is 13.0 Å². The van der Waals surface area contributed by atoms with Gasteiger partial charge in [-0.1, -0.05) is 154 Å². The first kappa shape index (κ1) is 48.2. The van der Waals surface area contributed by atoms with Crippen LogP contribution in [0.25, 0.3) is 0 Å². The number of ether oxygens (including phenoxy) is 2. The van der Waals surface area contributed by atoms with E-state index in [1.165, 1.54) is 122 Å². The van der Waals surface area contributed by atoms with E-state index in [0.717, 1.165) is 44.9 Å². The van der Waals surface area contributed by atoms with Crippen molar-refractivity contribution in [2.45, 2.75) is 199 Å². The Labute approximate surface area is 300 Å². The van der Waals surface area contributed by atoms with Crippen LogP contribution in [-0.2, 0) is 27.9 Å². The number of phosphoric ester groups is 1. The zero-order valence-corrected chi connectivity index (χ0v) is 32.6. The summed E-state index contributed by atoms with van der Waals surface area (Å²) in [4.78, 5) is 22.5. The molecule has 0 amide bonds. The van der Waals surface area contributed by atoms with Crippen molar-refractivity contribution in [3.8, 4) is 0 Å². The summed E-state index contributed by atoms with van der Waals surface area (Å²) in [5.41, 5.74) is 0. The van der Waals surface area contributed by atoms with Crippen molar-refractivity contribution in [2.75, 3.05) is 33.0 Å². The fourth-order valence-electron chi connectivity index (χ4n) is 5.59. The van der Waals surface area contributed by atoms with Gasteiger partial charge in [-0.05, 0) is 38.5 Å². The Bertz CT molecular complexity index is 780. The molecule has 0 aromatic heterocycles. The fourth-order valence-corrected chi connectivity index (χ4v) is 6.37. The maximum atomic E-state index is 12.5. The molecule has 3 N–H and O–H groups in total. The van der Waals surface area contributed by atoms with Crippen molar-refractivity contribution in [3.05, 3.63) is 12.2 Å². The van der Waals surface area contributed by atoms with Gasteiger partial charge in [0.05, 0.1) is 26.4 Å². The lowest BCUT2D eigenvalue weighted by atomic mass is 10.1. The van der Waals surface area contributed by atoms with E-state index in [9.17, 15) is 19.4 Å². The van der Waals surface area contributed by atoms with Gasteiger partial charge in [0.15, 0.2) is 0 Å². The van der Waals surface area contributed by atoms with Crippen LogP contribution in [0.3, 0.4) is 0 Å². The lowest BCUT2D eigenvalue weighted by Gasteiger charge is -2.20. The first-order valence-electron chi connectivity index (χ1n) is 20.2. The summed E-state index contributed by atoms with van der Waals surface area (Å²) in [6.45, 7) is 3.51. The molecule has 0 aliphatic carbocycles. The van der Waals surface area contributed by atoms with Gasteiger partial charge in [0.1, 0.15) is 12.2 Å². The minimum absolute atomic E-state index is 0.0501. The number of rotatable bonds is 39. The Morgan fingerprint density at radius 1 is 0.612 bits per heavy atom. The molecule has 3 unspecified atom stereocenters. The highest BCUT2D eigenvalue weighted by molar-refractivity contribution is 7.47. The summed E-state index contributed by atoms with van der Waals surface area (Å²) >= 11 is 0. The number of esters is 1. The number of carbonyl (C=O) groups excluding carboxylic acids is 1. The van der Waals surface area contributed by atoms with Crippen LogP contribution in [0.1, 0.15) is 187 Å². The Morgan fingerprint density at radius 2 is 1.04 bits per heavy atom. The number of aliphatic hydroxyl groups is 2. The lowest BCUT2D eigenvalue weighted by Crippen LogP contribution is -2.29. The van der Waals surface area contributed by atoms with E-state index in [4.69, 9.17) is 23.6 Å². The van der Waals surface area contributed by atoms with E-state index in [-0.39, 0.29) is 25.6 Å². The van der Waals surface area contributed by atoms with Crippen LogP contribution in [0.5, 0.6) is 0 Å². The molecule has 0 radical (unpaired) electrons. The topological polar surface area (TPSA) is 132 Å². The Kier molecular flexibility index (Phi) is 36.4. The summed E-state index contributed by atoms with van der Waals surface area (Å²) in [6, 6.07) is 0. The van der Waals surface area contributed by atoms with E-state index in [2.05, 4.69) is 26.0 Å². The van der Waals surface area contributed by atoms with Gasteiger partial charge in [0.25, 0.3) is 0 Å². The second-order valence-electron chi connectivity index (χ2n) is 13.7. The standard InChI is InChI=1S/C39H77O9P/c1-3-5-7-9-11-13-15-16-17-18-19-20-22-24-26-28-30-32-45-35-38(36-47-49(43,44)46-34-37(41)33-40)48-39(42)31-29-27-25-23-21-14-12-10-8-6-4-2/h17-18,37-38,40-41H,3-16,19-36H2,1-2H3,(H,43,44)/b18-17-. The average molecular weight is 721 g/mol. The quantitative estimate of drug-likeness (QED) is 0.0246. The molecular formula is C39H77O9P. The Balaban J connectivity index is 4.16. The molecular weight excluding hydrogens is 643 g/mol. The smallest absolute Gasteiger partial charge is 0.457 e. The number of allylic oxidation sites excluding steroid dienone is 2. The molecule has 0 saturated heterocycles. The third-order valence-corrected chi connectivity index (χ3v) is 9.65. The summed E-state index contributed by atoms with van der Waals surface area (Å²) in [6.07, 6.45) is 34.5. The van der Waals surface area contributed by atoms with E-state index in [0.29, 0.717) is 6.61 Å². The van der Waals surface area contributed by atoms with Gasteiger partial charge in [-0.15, -0.1) is 0 Å². The van der Waals surface area contributed by atoms with E-state index in [1.54, 1.807) is 0 Å². The minimum Gasteiger partial charge on any atom is -0.457 e. The predicted octanol–water partition coefficient (Wildman–Crippen LogP) is 10.5. The van der Waals surface area contributed by atoms with Crippen LogP contribution in [0.2, 0.25) is 0 Å². The predicted molar refractivity (Wildman–Crippen MR) is 201 cm³/mol. The van der Waals surface area contributed by atoms with Crippen molar-refractivity contribution in [1.29, 1.82) is 0 Å². The van der Waals surface area contributed by atoms with Crippen molar-refractivity contribution in [2.24, 2.45) is 0 Å². The van der Waals surface area contributed by atoms with E-state index in [1.807, 2.05) is 0 Å². The first-order valence-corrected chi connectivity index (χ1v) is 21.7. The van der Waals surface area contributed by atoms with Gasteiger partial charge < -0.3 is 24.6 Å². The molecule has 0 fully saturated rings. The van der Waals surface area contributed by atoms with Crippen LogP contribution in [-0.4, -0.2) is 66.3 Å². The lowest BCUT2D eigenvalue weighted by molar-refractivity contribution is -0.154. The normalized spacial score (nSPS) is 14.3. The molecule has 0 aromatic carbocycles. The molecule has 0 heterocycles. The average Bonchev–Trinajstić information content (AvgIpc) is 3.09. The first-order chi connectivity index (χ1) is 23.8. The molecule has 0 rings (SSSR count). The molecule has 10 heteroatoms. The van der Waals surface area contributed by atoms with Gasteiger partial charge in [-0.2, -0.15) is 0 Å². The second-order valence-corrected chi connectivity index (χ2v) is 15.1. The fraction of sp³-hybridized carbons (Fsp3) is 0.923. The molecule has 0 aromatic rings. The maximum absolute atomic E-state index is 12.5. The highest BCUT2D eigenvalue weighted by Gasteiger charge is 2.26. The molecule has 49 heavy (non-hydrogen) atoms. The molecule has 292 valence electrons. The van der Waals surface area contributed by atoms with Crippen molar-refractivity contribution in [3.63, 3.8) is 0 Å². The maximum Gasteiger partial charge on any atom is 0.472 e. The number of carbonyl (C=O) groups is 1. The van der Waals surface area contributed by atoms with E-state index < -0.39 is 33.2 Å². The van der Waals surface area contributed by atoms with Gasteiger partial charge in [0.2, 0.25) is 0 Å². The molecule has 9 nitrogen and oxygen atoms in total. The number of hydrogen-bond acceptors (Lipinski definition) is 8. The molecule has 0 bridgehead atoms. The van der Waals surface area contributed by atoms with Crippen LogP contribution >= 0.6 is 7.82 Å². The van der Waals surface area contributed by atoms with Crippen molar-refractivity contribution >= 4 is 13.8 Å². The minimum atomic E-state index is -4.51. The van der Waals surface area contributed by atoms with E-state index >= 15 is 0 Å². The summed E-state index contributed by atoms with van der Waals surface area (Å²) in [5, 5.41) is 18.3. The molecule has 0 aliphatic heterocycles. The van der Waals surface area contributed by atoms with Gasteiger partial charge in [-0.3, -0.25) is 13.8 Å². The zero-order valence-electron chi connectivity index (χ0n) is 31.7.